The van der Waals surface area contributed by atoms with Crippen LogP contribution >= 0.6 is 0 Å². The van der Waals surface area contributed by atoms with Crippen molar-refractivity contribution in [3.05, 3.63) is 11.3 Å². The van der Waals surface area contributed by atoms with Gasteiger partial charge in [0.2, 0.25) is 0 Å². The molecule has 64 valence electrons. The average molecular weight is 177 g/mol. The molecular formula is C5H9N2O3S-. The summed E-state index contributed by atoms with van der Waals surface area (Å²) in [7, 11) is 0. The number of nitrogens with one attached hydrogen (secondary N) is 1. The Kier molecular flexibility index (Phi) is 3.77. The lowest BCUT2D eigenvalue weighted by Crippen LogP contribution is -2.28. The molecule has 6 heteroatoms. The largest absolute Gasteiger partial charge is 0.755 e. The SMILES string of the molecule is CC(C)=C(NS(=O)[O-])C(N)=O. The van der Waals surface area contributed by atoms with Crippen LogP contribution in [0.15, 0.2) is 11.3 Å². The van der Waals surface area contributed by atoms with E-state index in [1.54, 1.807) is 13.8 Å². The lowest BCUT2D eigenvalue weighted by atomic mass is 10.2. The van der Waals surface area contributed by atoms with E-state index in [9.17, 15) is 13.6 Å². The summed E-state index contributed by atoms with van der Waals surface area (Å²) in [4.78, 5) is 10.5. The molecule has 0 aliphatic heterocycles. The summed E-state index contributed by atoms with van der Waals surface area (Å²) >= 11 is -2.50. The van der Waals surface area contributed by atoms with Crippen molar-refractivity contribution >= 4 is 17.2 Å². The zero-order chi connectivity index (χ0) is 9.02. The van der Waals surface area contributed by atoms with E-state index >= 15 is 0 Å². The summed E-state index contributed by atoms with van der Waals surface area (Å²) in [6.07, 6.45) is 0. The van der Waals surface area contributed by atoms with Gasteiger partial charge in [-0.05, 0) is 19.4 Å². The highest BCUT2D eigenvalue weighted by molar-refractivity contribution is 7.77. The Labute approximate surface area is 67.1 Å². The van der Waals surface area contributed by atoms with Gasteiger partial charge < -0.3 is 15.0 Å². The molecule has 3 N–H and O–H groups in total. The highest BCUT2D eigenvalue weighted by atomic mass is 32.2. The van der Waals surface area contributed by atoms with Gasteiger partial charge in [0.25, 0.3) is 5.91 Å². The van der Waals surface area contributed by atoms with Crippen LogP contribution in [0.25, 0.3) is 0 Å². The molecule has 11 heavy (non-hydrogen) atoms. The van der Waals surface area contributed by atoms with Gasteiger partial charge in [-0.1, -0.05) is 0 Å². The molecule has 0 aromatic heterocycles. The Balaban J connectivity index is 4.52. The van der Waals surface area contributed by atoms with Crippen LogP contribution in [-0.2, 0) is 16.1 Å². The number of hydrogen-bond acceptors (Lipinski definition) is 3. The second-order valence-corrected chi connectivity index (χ2v) is 2.75. The number of allylic oxidation sites excluding steroid dienone is 1. The fraction of sp³-hybridized carbons (Fsp3) is 0.400. The Morgan fingerprint density at radius 1 is 1.55 bits per heavy atom. The molecule has 1 unspecified atom stereocenters. The van der Waals surface area contributed by atoms with Gasteiger partial charge in [0.05, 0.1) is 0 Å². The molecule has 0 saturated heterocycles. The van der Waals surface area contributed by atoms with E-state index in [0.29, 0.717) is 5.57 Å². The van der Waals surface area contributed by atoms with Crippen LogP contribution in [0.2, 0.25) is 0 Å². The number of rotatable bonds is 3. The maximum Gasteiger partial charge on any atom is 0.265 e. The van der Waals surface area contributed by atoms with Crippen molar-refractivity contribution in [3.8, 4) is 0 Å². The topological polar surface area (TPSA) is 95.2 Å². The van der Waals surface area contributed by atoms with Crippen LogP contribution in [-0.4, -0.2) is 14.7 Å². The maximum absolute atomic E-state index is 10.5. The summed E-state index contributed by atoms with van der Waals surface area (Å²) in [6, 6.07) is 0. The predicted molar refractivity (Wildman–Crippen MR) is 39.6 cm³/mol. The number of hydrogen-bond donors (Lipinski definition) is 2. The van der Waals surface area contributed by atoms with E-state index < -0.39 is 17.2 Å². The van der Waals surface area contributed by atoms with Gasteiger partial charge in [-0.15, -0.1) is 0 Å². The molecule has 0 bridgehead atoms. The third-order valence-corrected chi connectivity index (χ3v) is 1.30. The standard InChI is InChI=1S/C5H10N2O3S/c1-3(2)4(5(6)8)7-11(9)10/h7H,1-2H3,(H2,6,8)(H,9,10)/p-1. The van der Waals surface area contributed by atoms with Crippen molar-refractivity contribution in [1.82, 2.24) is 4.72 Å². The van der Waals surface area contributed by atoms with E-state index in [0.717, 1.165) is 0 Å². The smallest absolute Gasteiger partial charge is 0.265 e. The van der Waals surface area contributed by atoms with Crippen LogP contribution in [0.5, 0.6) is 0 Å². The molecule has 1 amide bonds. The Hall–Kier alpha value is -0.880. The van der Waals surface area contributed by atoms with Gasteiger partial charge in [-0.2, -0.15) is 0 Å². The van der Waals surface area contributed by atoms with Gasteiger partial charge in [-0.25, -0.2) is 0 Å². The van der Waals surface area contributed by atoms with Crippen LogP contribution in [0.1, 0.15) is 13.8 Å². The number of carbonyl (C=O) groups is 1. The number of primary amides is 1. The quantitative estimate of drug-likeness (QED) is 0.434. The van der Waals surface area contributed by atoms with Crippen molar-refractivity contribution in [1.29, 1.82) is 0 Å². The Bertz CT molecular complexity index is 220. The van der Waals surface area contributed by atoms with Crippen molar-refractivity contribution < 1.29 is 13.6 Å². The lowest BCUT2D eigenvalue weighted by molar-refractivity contribution is -0.114. The number of carbonyl (C=O) groups excluding carboxylic acids is 1. The molecule has 0 aliphatic rings. The van der Waals surface area contributed by atoms with Crippen molar-refractivity contribution in [3.63, 3.8) is 0 Å². The van der Waals surface area contributed by atoms with Gasteiger partial charge in [0, 0.05) is 11.3 Å². The zero-order valence-corrected chi connectivity index (χ0v) is 7.03. The fourth-order valence-corrected chi connectivity index (χ4v) is 0.953. The normalized spacial score (nSPS) is 11.9. The second kappa shape index (κ2) is 4.09. The molecule has 0 aromatic carbocycles. The number of nitrogens with two attached hydrogens (primary N) is 1. The minimum Gasteiger partial charge on any atom is -0.755 e. The summed E-state index contributed by atoms with van der Waals surface area (Å²) in [6.45, 7) is 3.17. The third-order valence-electron chi connectivity index (χ3n) is 0.932. The lowest BCUT2D eigenvalue weighted by Gasteiger charge is -2.10. The summed E-state index contributed by atoms with van der Waals surface area (Å²) in [5.74, 6) is -0.783. The average Bonchev–Trinajstić information content (AvgIpc) is 1.81. The first-order valence-corrected chi connectivity index (χ1v) is 3.86. The number of amides is 1. The van der Waals surface area contributed by atoms with E-state index in [4.69, 9.17) is 5.73 Å². The highest BCUT2D eigenvalue weighted by Crippen LogP contribution is 1.97. The van der Waals surface area contributed by atoms with Crippen LogP contribution < -0.4 is 10.5 Å². The highest BCUT2D eigenvalue weighted by Gasteiger charge is 2.04. The molecule has 5 nitrogen and oxygen atoms in total. The molecular weight excluding hydrogens is 168 g/mol. The third kappa shape index (κ3) is 3.74. The maximum atomic E-state index is 10.5. The monoisotopic (exact) mass is 177 g/mol. The second-order valence-electron chi connectivity index (χ2n) is 2.08. The van der Waals surface area contributed by atoms with Gasteiger partial charge in [0.15, 0.2) is 0 Å². The van der Waals surface area contributed by atoms with Crippen molar-refractivity contribution in [2.75, 3.05) is 0 Å². The zero-order valence-electron chi connectivity index (χ0n) is 6.21. The molecule has 0 aromatic rings. The molecule has 0 fully saturated rings. The summed E-state index contributed by atoms with van der Waals surface area (Å²) in [5, 5.41) is 0. The molecule has 0 saturated carbocycles. The molecule has 0 rings (SSSR count). The van der Waals surface area contributed by atoms with E-state index in [1.165, 1.54) is 0 Å². The summed E-state index contributed by atoms with van der Waals surface area (Å²) in [5.41, 5.74) is 5.30. The Morgan fingerprint density at radius 2 is 2.00 bits per heavy atom. The molecule has 0 spiro atoms. The van der Waals surface area contributed by atoms with Crippen molar-refractivity contribution in [2.45, 2.75) is 13.8 Å². The van der Waals surface area contributed by atoms with Crippen LogP contribution in [0, 0.1) is 0 Å². The van der Waals surface area contributed by atoms with Crippen LogP contribution in [0.3, 0.4) is 0 Å². The first-order chi connectivity index (χ1) is 4.95. The first kappa shape index (κ1) is 10.1. The van der Waals surface area contributed by atoms with Gasteiger partial charge in [-0.3, -0.25) is 9.00 Å². The molecule has 0 aliphatic carbocycles. The van der Waals surface area contributed by atoms with E-state index in [1.807, 2.05) is 4.72 Å². The van der Waals surface area contributed by atoms with Gasteiger partial charge in [0.1, 0.15) is 5.70 Å². The summed E-state index contributed by atoms with van der Waals surface area (Å²) < 4.78 is 22.0. The molecule has 0 heterocycles. The van der Waals surface area contributed by atoms with E-state index in [-0.39, 0.29) is 5.70 Å². The molecule has 1 atom stereocenters. The Morgan fingerprint density at radius 3 is 2.09 bits per heavy atom. The van der Waals surface area contributed by atoms with Crippen LogP contribution in [0.4, 0.5) is 0 Å². The predicted octanol–water partition coefficient (Wildman–Crippen LogP) is -0.851. The molecule has 0 radical (unpaired) electrons. The van der Waals surface area contributed by atoms with Gasteiger partial charge >= 0.3 is 0 Å². The van der Waals surface area contributed by atoms with E-state index in [2.05, 4.69) is 0 Å². The van der Waals surface area contributed by atoms with Crippen molar-refractivity contribution in [2.24, 2.45) is 5.73 Å². The minimum atomic E-state index is -2.50. The first-order valence-electron chi connectivity index (χ1n) is 2.78. The minimum absolute atomic E-state index is 0.0849. The fourth-order valence-electron chi connectivity index (χ4n) is 0.482.